The van der Waals surface area contributed by atoms with Gasteiger partial charge >= 0.3 is 5.97 Å². The van der Waals surface area contributed by atoms with E-state index in [2.05, 4.69) is 6.58 Å². The average Bonchev–Trinajstić information content (AvgIpc) is 2.90. The molecule has 3 aromatic rings. The van der Waals surface area contributed by atoms with Gasteiger partial charge in [0.25, 0.3) is 0 Å². The van der Waals surface area contributed by atoms with Gasteiger partial charge in [-0.2, -0.15) is 4.39 Å². The maximum Gasteiger partial charge on any atom is 0.343 e. The van der Waals surface area contributed by atoms with Crippen molar-refractivity contribution in [3.05, 3.63) is 95.8 Å². The fraction of sp³-hybridized carbons (Fsp3) is 0.300. The SMILES string of the molecule is C=CCOc1ccc(-c2ccc(C(=O)Oc3ccc(C4CCC(C(C)O)CC4)c(F)c3F)cc2)c(F)c1. The highest BCUT2D eigenvalue weighted by molar-refractivity contribution is 5.91. The van der Waals surface area contributed by atoms with Crippen LogP contribution in [-0.4, -0.2) is 23.8 Å². The second-order valence-electron chi connectivity index (χ2n) is 9.34. The Hall–Kier alpha value is -3.58. The zero-order valence-corrected chi connectivity index (χ0v) is 20.6. The quantitative estimate of drug-likeness (QED) is 0.198. The van der Waals surface area contributed by atoms with Crippen LogP contribution in [0.5, 0.6) is 11.5 Å². The van der Waals surface area contributed by atoms with Crippen molar-refractivity contribution in [3.8, 4) is 22.6 Å². The Morgan fingerprint density at radius 2 is 1.73 bits per heavy atom. The molecular formula is C30H29F3O4. The highest BCUT2D eigenvalue weighted by Crippen LogP contribution is 2.39. The third-order valence-corrected chi connectivity index (χ3v) is 6.91. The van der Waals surface area contributed by atoms with Crippen LogP contribution in [-0.2, 0) is 0 Å². The minimum atomic E-state index is -1.21. The second-order valence-corrected chi connectivity index (χ2v) is 9.34. The Labute approximate surface area is 214 Å². The van der Waals surface area contributed by atoms with Crippen molar-refractivity contribution in [3.63, 3.8) is 0 Å². The van der Waals surface area contributed by atoms with Crippen LogP contribution in [0.25, 0.3) is 11.1 Å². The van der Waals surface area contributed by atoms with E-state index in [1.165, 1.54) is 30.3 Å². The molecule has 1 aliphatic carbocycles. The summed E-state index contributed by atoms with van der Waals surface area (Å²) in [5.41, 5.74) is 1.21. The van der Waals surface area contributed by atoms with E-state index < -0.39 is 35.3 Å². The molecular weight excluding hydrogens is 481 g/mol. The molecule has 194 valence electrons. The van der Waals surface area contributed by atoms with Crippen LogP contribution in [0, 0.1) is 23.4 Å². The third-order valence-electron chi connectivity index (χ3n) is 6.91. The molecule has 1 N–H and O–H groups in total. The van der Waals surface area contributed by atoms with E-state index in [4.69, 9.17) is 9.47 Å². The van der Waals surface area contributed by atoms with Gasteiger partial charge in [0.05, 0.1) is 11.7 Å². The lowest BCUT2D eigenvalue weighted by Gasteiger charge is -2.30. The molecule has 0 aliphatic heterocycles. The number of rotatable bonds is 8. The largest absolute Gasteiger partial charge is 0.489 e. The first-order valence-corrected chi connectivity index (χ1v) is 12.3. The normalized spacial score (nSPS) is 18.2. The van der Waals surface area contributed by atoms with E-state index in [0.29, 0.717) is 29.7 Å². The maximum absolute atomic E-state index is 14.9. The average molecular weight is 511 g/mol. The van der Waals surface area contributed by atoms with E-state index >= 15 is 0 Å². The zero-order chi connectivity index (χ0) is 26.5. The lowest BCUT2D eigenvalue weighted by molar-refractivity contribution is 0.0726. The summed E-state index contributed by atoms with van der Waals surface area (Å²) < 4.78 is 54.6. The summed E-state index contributed by atoms with van der Waals surface area (Å²) in [6.45, 7) is 5.55. The molecule has 1 unspecified atom stereocenters. The van der Waals surface area contributed by atoms with Gasteiger partial charge < -0.3 is 14.6 Å². The Bertz CT molecular complexity index is 1260. The van der Waals surface area contributed by atoms with Gasteiger partial charge in [-0.15, -0.1) is 0 Å². The number of hydrogen-bond acceptors (Lipinski definition) is 4. The summed E-state index contributed by atoms with van der Waals surface area (Å²) in [7, 11) is 0. The molecule has 7 heteroatoms. The molecule has 1 atom stereocenters. The molecule has 0 amide bonds. The van der Waals surface area contributed by atoms with Crippen molar-refractivity contribution in [2.75, 3.05) is 6.61 Å². The summed E-state index contributed by atoms with van der Waals surface area (Å²) >= 11 is 0. The molecule has 0 saturated heterocycles. The highest BCUT2D eigenvalue weighted by Gasteiger charge is 2.29. The van der Waals surface area contributed by atoms with E-state index in [9.17, 15) is 23.1 Å². The second kappa shape index (κ2) is 11.6. The molecule has 0 heterocycles. The summed E-state index contributed by atoms with van der Waals surface area (Å²) in [6, 6.07) is 13.1. The lowest BCUT2D eigenvalue weighted by Crippen LogP contribution is -2.23. The topological polar surface area (TPSA) is 55.8 Å². The first-order chi connectivity index (χ1) is 17.8. The number of ether oxygens (including phenoxy) is 2. The fourth-order valence-corrected chi connectivity index (χ4v) is 4.77. The van der Waals surface area contributed by atoms with E-state index in [1.54, 1.807) is 37.3 Å². The van der Waals surface area contributed by atoms with Crippen LogP contribution in [0.3, 0.4) is 0 Å². The highest BCUT2D eigenvalue weighted by atomic mass is 19.2. The first kappa shape index (κ1) is 26.5. The number of carbonyl (C=O) groups excluding carboxylic acids is 1. The standard InChI is InChI=1S/C30H29F3O4/c1-3-16-36-23-12-13-24(26(31)17-23)20-8-10-22(11-9-20)30(35)37-27-15-14-25(28(32)29(27)33)21-6-4-19(5-7-21)18(2)34/h3,8-15,17-19,21,34H,1,4-7,16H2,2H3. The molecule has 0 radical (unpaired) electrons. The van der Waals surface area contributed by atoms with Crippen LogP contribution in [0.1, 0.15) is 54.4 Å². The van der Waals surface area contributed by atoms with Gasteiger partial charge in [0, 0.05) is 11.6 Å². The molecule has 1 saturated carbocycles. The summed E-state index contributed by atoms with van der Waals surface area (Å²) in [6.07, 6.45) is 3.94. The van der Waals surface area contributed by atoms with Gasteiger partial charge in [-0.1, -0.05) is 30.9 Å². The fourth-order valence-electron chi connectivity index (χ4n) is 4.77. The number of aliphatic hydroxyl groups excluding tert-OH is 1. The number of benzene rings is 3. The number of esters is 1. The molecule has 3 aromatic carbocycles. The van der Waals surface area contributed by atoms with Crippen LogP contribution in [0.4, 0.5) is 13.2 Å². The molecule has 0 aromatic heterocycles. The van der Waals surface area contributed by atoms with Crippen LogP contribution < -0.4 is 9.47 Å². The van der Waals surface area contributed by atoms with Crippen LogP contribution >= 0.6 is 0 Å². The Morgan fingerprint density at radius 1 is 1.03 bits per heavy atom. The predicted molar refractivity (Wildman–Crippen MR) is 135 cm³/mol. The maximum atomic E-state index is 14.9. The van der Waals surface area contributed by atoms with Crippen molar-refractivity contribution in [1.29, 1.82) is 0 Å². The zero-order valence-electron chi connectivity index (χ0n) is 20.6. The number of carbonyl (C=O) groups is 1. The Kier molecular flexibility index (Phi) is 8.34. The minimum Gasteiger partial charge on any atom is -0.489 e. The number of hydrogen-bond donors (Lipinski definition) is 1. The lowest BCUT2D eigenvalue weighted by atomic mass is 9.77. The van der Waals surface area contributed by atoms with E-state index in [0.717, 1.165) is 12.8 Å². The van der Waals surface area contributed by atoms with E-state index in [1.807, 2.05) is 0 Å². The van der Waals surface area contributed by atoms with Gasteiger partial charge in [-0.3, -0.25) is 0 Å². The van der Waals surface area contributed by atoms with Crippen molar-refractivity contribution in [1.82, 2.24) is 0 Å². The molecule has 0 spiro atoms. The van der Waals surface area contributed by atoms with Gasteiger partial charge in [-0.25, -0.2) is 13.6 Å². The number of halogens is 3. The van der Waals surface area contributed by atoms with Gasteiger partial charge in [-0.05, 0) is 85.9 Å². The van der Waals surface area contributed by atoms with Crippen molar-refractivity contribution in [2.45, 2.75) is 44.6 Å². The summed E-state index contributed by atoms with van der Waals surface area (Å²) in [5.74, 6) is -3.67. The smallest absolute Gasteiger partial charge is 0.343 e. The van der Waals surface area contributed by atoms with Gasteiger partial charge in [0.1, 0.15) is 18.2 Å². The van der Waals surface area contributed by atoms with Crippen LogP contribution in [0.15, 0.2) is 67.3 Å². The molecule has 37 heavy (non-hydrogen) atoms. The van der Waals surface area contributed by atoms with E-state index in [-0.39, 0.29) is 29.6 Å². The molecule has 0 bridgehead atoms. The monoisotopic (exact) mass is 510 g/mol. The summed E-state index contributed by atoms with van der Waals surface area (Å²) in [5, 5.41) is 9.76. The van der Waals surface area contributed by atoms with Crippen LogP contribution in [0.2, 0.25) is 0 Å². The van der Waals surface area contributed by atoms with Gasteiger partial charge in [0.15, 0.2) is 11.6 Å². The predicted octanol–water partition coefficient (Wildman–Crippen LogP) is 7.21. The molecule has 1 fully saturated rings. The Balaban J connectivity index is 1.44. The Morgan fingerprint density at radius 3 is 2.35 bits per heavy atom. The van der Waals surface area contributed by atoms with Crippen molar-refractivity contribution in [2.24, 2.45) is 5.92 Å². The first-order valence-electron chi connectivity index (χ1n) is 12.3. The molecule has 4 nitrogen and oxygen atoms in total. The number of aliphatic hydroxyl groups is 1. The summed E-state index contributed by atoms with van der Waals surface area (Å²) in [4.78, 5) is 12.6. The molecule has 4 rings (SSSR count). The minimum absolute atomic E-state index is 0.107. The van der Waals surface area contributed by atoms with Crippen molar-refractivity contribution < 1.29 is 32.5 Å². The van der Waals surface area contributed by atoms with Gasteiger partial charge in [0.2, 0.25) is 5.82 Å². The molecule has 1 aliphatic rings. The van der Waals surface area contributed by atoms with Crippen molar-refractivity contribution >= 4 is 5.97 Å². The third kappa shape index (κ3) is 6.05.